The number of carbonyl (C=O) groups excluding carboxylic acids is 1. The number of ketones is 1. The first-order valence-electron chi connectivity index (χ1n) is 5.18. The molecule has 2 unspecified atom stereocenters. The first-order valence-corrected chi connectivity index (χ1v) is 5.18. The maximum absolute atomic E-state index is 11.6. The number of aliphatic hydroxyl groups is 1. The molecule has 2 rings (SSSR count). The van der Waals surface area contributed by atoms with Crippen molar-refractivity contribution in [2.45, 2.75) is 40.0 Å². The molecule has 2 heteroatoms. The highest BCUT2D eigenvalue weighted by Crippen LogP contribution is 2.63. The largest absolute Gasteiger partial charge is 0.516 e. The molecule has 0 heterocycles. The second-order valence-corrected chi connectivity index (χ2v) is 5.10. The van der Waals surface area contributed by atoms with E-state index in [0.717, 1.165) is 19.1 Å². The van der Waals surface area contributed by atoms with E-state index >= 15 is 0 Å². The van der Waals surface area contributed by atoms with Gasteiger partial charge in [-0.1, -0.05) is 27.4 Å². The zero-order chi connectivity index (χ0) is 11.0. The molecule has 0 radical (unpaired) electrons. The molecule has 2 saturated carbocycles. The fourth-order valence-corrected chi connectivity index (χ4v) is 2.90. The molecular formula is C12H20O2. The van der Waals surface area contributed by atoms with Crippen molar-refractivity contribution in [1.82, 2.24) is 0 Å². The summed E-state index contributed by atoms with van der Waals surface area (Å²) < 4.78 is 0. The molecule has 1 N–H and O–H groups in total. The lowest BCUT2D eigenvalue weighted by molar-refractivity contribution is -0.128. The maximum Gasteiger partial charge on any atom is 0.139 e. The number of rotatable bonds is 0. The highest BCUT2D eigenvalue weighted by molar-refractivity contribution is 5.89. The third-order valence-electron chi connectivity index (χ3n) is 4.48. The fourth-order valence-electron chi connectivity index (χ4n) is 2.90. The van der Waals surface area contributed by atoms with Crippen molar-refractivity contribution in [1.29, 1.82) is 0 Å². The summed E-state index contributed by atoms with van der Waals surface area (Å²) in [5.41, 5.74) is 0.307. The Labute approximate surface area is 86.0 Å². The van der Waals surface area contributed by atoms with E-state index in [1.165, 1.54) is 6.42 Å². The van der Waals surface area contributed by atoms with Gasteiger partial charge >= 0.3 is 0 Å². The van der Waals surface area contributed by atoms with Crippen molar-refractivity contribution >= 4 is 5.78 Å². The van der Waals surface area contributed by atoms with Crippen LogP contribution in [0.15, 0.2) is 12.8 Å². The van der Waals surface area contributed by atoms with Gasteiger partial charge in [0, 0.05) is 11.8 Å². The Bertz CT molecular complexity index is 255. The highest BCUT2D eigenvalue weighted by atomic mass is 16.2. The second kappa shape index (κ2) is 3.41. The predicted molar refractivity (Wildman–Crippen MR) is 57.1 cm³/mol. The molecule has 80 valence electrons. The van der Waals surface area contributed by atoms with E-state index in [1.54, 1.807) is 0 Å². The number of fused-ring (bicyclic) bond motifs is 2. The molecule has 2 atom stereocenters. The Kier molecular flexibility index (Phi) is 2.75. The van der Waals surface area contributed by atoms with E-state index in [1.807, 2.05) is 0 Å². The normalized spacial score (nSPS) is 37.6. The number of hydrogen-bond donors (Lipinski definition) is 1. The van der Waals surface area contributed by atoms with Gasteiger partial charge in [-0.25, -0.2) is 0 Å². The van der Waals surface area contributed by atoms with Crippen LogP contribution in [0.5, 0.6) is 0 Å². The van der Waals surface area contributed by atoms with Crippen LogP contribution in [0.25, 0.3) is 0 Å². The zero-order valence-corrected chi connectivity index (χ0v) is 9.34. The molecule has 2 aliphatic rings. The van der Waals surface area contributed by atoms with Gasteiger partial charge in [-0.2, -0.15) is 0 Å². The van der Waals surface area contributed by atoms with Gasteiger partial charge in [0.15, 0.2) is 0 Å². The molecule has 0 amide bonds. The summed E-state index contributed by atoms with van der Waals surface area (Å²) in [6, 6.07) is 0. The molecule has 14 heavy (non-hydrogen) atoms. The number of hydrogen-bond acceptors (Lipinski definition) is 2. The number of carbonyl (C=O) groups is 1. The van der Waals surface area contributed by atoms with Crippen molar-refractivity contribution in [2.24, 2.45) is 16.7 Å². The average Bonchev–Trinajstić information content (AvgIpc) is 2.38. The standard InChI is InChI=1S/C10H16O.C2H4O/c1-9(2)7-4-5-10(9,3)8(11)6-7;1-2-3/h7H,4-6H2,1-3H3;2-3H,1H2. The predicted octanol–water partition coefficient (Wildman–Crippen LogP) is 3.09. The summed E-state index contributed by atoms with van der Waals surface area (Å²) in [6.45, 7) is 9.59. The molecule has 0 saturated heterocycles. The Balaban J connectivity index is 0.000000293. The minimum absolute atomic E-state index is 0.0255. The quantitative estimate of drug-likeness (QED) is 0.604. The highest BCUT2D eigenvalue weighted by Gasteiger charge is 2.61. The molecule has 0 spiro atoms. The first kappa shape index (κ1) is 11.3. The van der Waals surface area contributed by atoms with E-state index in [9.17, 15) is 4.79 Å². The summed E-state index contributed by atoms with van der Waals surface area (Å²) >= 11 is 0. The minimum atomic E-state index is 0.0255. The van der Waals surface area contributed by atoms with Crippen LogP contribution in [0.1, 0.15) is 40.0 Å². The number of aliphatic hydroxyl groups excluding tert-OH is 1. The van der Waals surface area contributed by atoms with Gasteiger partial charge in [0.1, 0.15) is 5.78 Å². The number of Topliss-reactive ketones (excluding diaryl/α,β-unsaturated/α-hetero) is 1. The van der Waals surface area contributed by atoms with E-state index in [0.29, 0.717) is 11.7 Å². The van der Waals surface area contributed by atoms with E-state index in [2.05, 4.69) is 27.4 Å². The van der Waals surface area contributed by atoms with Gasteiger partial charge in [0.2, 0.25) is 0 Å². The van der Waals surface area contributed by atoms with Crippen molar-refractivity contribution in [3.8, 4) is 0 Å². The molecule has 0 aromatic carbocycles. The fraction of sp³-hybridized carbons (Fsp3) is 0.750. The van der Waals surface area contributed by atoms with Crippen LogP contribution >= 0.6 is 0 Å². The van der Waals surface area contributed by atoms with Crippen LogP contribution in [0.3, 0.4) is 0 Å². The zero-order valence-electron chi connectivity index (χ0n) is 9.34. The van der Waals surface area contributed by atoms with Gasteiger partial charge in [0.25, 0.3) is 0 Å². The lowest BCUT2D eigenvalue weighted by atomic mass is 9.70. The van der Waals surface area contributed by atoms with Crippen molar-refractivity contribution in [3.05, 3.63) is 12.8 Å². The van der Waals surface area contributed by atoms with Gasteiger partial charge < -0.3 is 5.11 Å². The Morgan fingerprint density at radius 1 is 1.50 bits per heavy atom. The van der Waals surface area contributed by atoms with Crippen molar-refractivity contribution < 1.29 is 9.90 Å². The summed E-state index contributed by atoms with van der Waals surface area (Å²) in [4.78, 5) is 11.6. The van der Waals surface area contributed by atoms with Crippen LogP contribution < -0.4 is 0 Å². The van der Waals surface area contributed by atoms with Crippen LogP contribution in [-0.2, 0) is 4.79 Å². The molecule has 0 aliphatic heterocycles. The van der Waals surface area contributed by atoms with E-state index < -0.39 is 0 Å². The van der Waals surface area contributed by atoms with Crippen LogP contribution in [0.2, 0.25) is 0 Å². The molecule has 2 fully saturated rings. The molecule has 2 aliphatic carbocycles. The summed E-state index contributed by atoms with van der Waals surface area (Å²) in [5.74, 6) is 1.19. The lowest BCUT2D eigenvalue weighted by Crippen LogP contribution is -2.32. The Morgan fingerprint density at radius 2 is 2.00 bits per heavy atom. The minimum Gasteiger partial charge on any atom is -0.516 e. The van der Waals surface area contributed by atoms with Crippen molar-refractivity contribution in [2.75, 3.05) is 0 Å². The summed E-state index contributed by atoms with van der Waals surface area (Å²) in [6.07, 6.45) is 4.00. The molecule has 2 nitrogen and oxygen atoms in total. The maximum atomic E-state index is 11.6. The third-order valence-corrected chi connectivity index (χ3v) is 4.48. The molecule has 2 bridgehead atoms. The van der Waals surface area contributed by atoms with Gasteiger partial charge in [-0.3, -0.25) is 4.79 Å². The average molecular weight is 196 g/mol. The molecular weight excluding hydrogens is 176 g/mol. The van der Waals surface area contributed by atoms with E-state index in [-0.39, 0.29) is 10.8 Å². The first-order chi connectivity index (χ1) is 6.40. The molecule has 0 aromatic heterocycles. The SMILES string of the molecule is C=CO.CC12CCC(CC1=O)C2(C)C. The van der Waals surface area contributed by atoms with E-state index in [4.69, 9.17) is 5.11 Å². The smallest absolute Gasteiger partial charge is 0.139 e. The van der Waals surface area contributed by atoms with Crippen molar-refractivity contribution in [3.63, 3.8) is 0 Å². The summed E-state index contributed by atoms with van der Waals surface area (Å²) in [7, 11) is 0. The Hall–Kier alpha value is -0.790. The van der Waals surface area contributed by atoms with Crippen LogP contribution in [0, 0.1) is 16.7 Å². The van der Waals surface area contributed by atoms with Gasteiger partial charge in [-0.05, 0) is 24.2 Å². The monoisotopic (exact) mass is 196 g/mol. The van der Waals surface area contributed by atoms with Gasteiger partial charge in [0.05, 0.1) is 6.26 Å². The van der Waals surface area contributed by atoms with Crippen LogP contribution in [0.4, 0.5) is 0 Å². The van der Waals surface area contributed by atoms with Gasteiger partial charge in [-0.15, -0.1) is 0 Å². The topological polar surface area (TPSA) is 37.3 Å². The molecule has 0 aromatic rings. The second-order valence-electron chi connectivity index (χ2n) is 5.10. The lowest BCUT2D eigenvalue weighted by Gasteiger charge is -2.32. The third kappa shape index (κ3) is 1.28. The van der Waals surface area contributed by atoms with Crippen LogP contribution in [-0.4, -0.2) is 10.9 Å². The Morgan fingerprint density at radius 3 is 2.14 bits per heavy atom. The summed E-state index contributed by atoms with van der Waals surface area (Å²) in [5, 5.41) is 7.33.